The molecule has 0 saturated carbocycles. The van der Waals surface area contributed by atoms with Crippen LogP contribution < -0.4 is 4.74 Å². The fraction of sp³-hybridized carbons (Fsp3) is 0.0857. The van der Waals surface area contributed by atoms with Gasteiger partial charge >= 0.3 is 0 Å². The van der Waals surface area contributed by atoms with E-state index in [1.165, 1.54) is 22.1 Å². The minimum atomic E-state index is 0.323. The molecule has 41 heavy (non-hydrogen) atoms. The summed E-state index contributed by atoms with van der Waals surface area (Å²) in [4.78, 5) is 0. The molecule has 0 bridgehead atoms. The molecule has 0 unspecified atom stereocenters. The van der Waals surface area contributed by atoms with Crippen molar-refractivity contribution in [3.05, 3.63) is 149 Å². The van der Waals surface area contributed by atoms with E-state index in [9.17, 15) is 5.11 Å². The first-order valence-electron chi connectivity index (χ1n) is 13.0. The van der Waals surface area contributed by atoms with E-state index in [1.54, 1.807) is 7.11 Å². The maximum Gasteiger partial charge on any atom is 0.137 e. The normalized spacial score (nSPS) is 10.9. The van der Waals surface area contributed by atoms with Crippen molar-refractivity contribution in [2.24, 2.45) is 0 Å². The van der Waals surface area contributed by atoms with Gasteiger partial charge < -0.3 is 9.84 Å². The molecule has 1 N–H and O–H groups in total. The van der Waals surface area contributed by atoms with Gasteiger partial charge in [0.05, 0.1) is 16.1 Å². The molecule has 0 aromatic heterocycles. The summed E-state index contributed by atoms with van der Waals surface area (Å²) in [5.74, 6) is 1.23. The van der Waals surface area contributed by atoms with Gasteiger partial charge in [-0.05, 0) is 101 Å². The summed E-state index contributed by atoms with van der Waals surface area (Å²) < 4.78 is 9.52. The van der Waals surface area contributed by atoms with Crippen molar-refractivity contribution in [3.63, 3.8) is 0 Å². The average molecular weight is 798 g/mol. The summed E-state index contributed by atoms with van der Waals surface area (Å²) in [5, 5.41) is 14.8. The molecule has 0 aliphatic rings. The van der Waals surface area contributed by atoms with Crippen LogP contribution in [0.5, 0.6) is 11.5 Å². The Morgan fingerprint density at radius 3 is 1.54 bits per heavy atom. The zero-order valence-electron chi connectivity index (χ0n) is 22.2. The number of aromatic hydroxyl groups is 1. The number of hydrogen-bond acceptors (Lipinski definition) is 2. The van der Waals surface area contributed by atoms with Crippen LogP contribution >= 0.6 is 63.7 Å². The standard InChI is InChI=1S/C18H14Br2O.C17H12Br2O/c1-21-18-14(9-12-5-3-2-4-6-12)10-13-11-15(19)7-8-16(13)17(18)20;18-14-6-7-15-12(10-14)9-13(17(20)16(15)19)8-11-4-2-1-3-5-11/h2-8,10-11H,9H2,1H3;1-7,9-10,20H,8H2. The monoisotopic (exact) mass is 794 g/mol. The highest BCUT2D eigenvalue weighted by molar-refractivity contribution is 9.11. The maximum absolute atomic E-state index is 10.4. The zero-order chi connectivity index (χ0) is 28.9. The molecule has 0 amide bonds. The van der Waals surface area contributed by atoms with Gasteiger partial charge in [-0.2, -0.15) is 0 Å². The van der Waals surface area contributed by atoms with Gasteiger partial charge in [-0.25, -0.2) is 0 Å². The molecule has 0 saturated heterocycles. The van der Waals surface area contributed by atoms with E-state index in [1.807, 2.05) is 48.5 Å². The second kappa shape index (κ2) is 13.6. The van der Waals surface area contributed by atoms with Crippen LogP contribution in [0.4, 0.5) is 0 Å². The highest BCUT2D eigenvalue weighted by Crippen LogP contribution is 2.39. The van der Waals surface area contributed by atoms with Crippen LogP contribution in [0.1, 0.15) is 22.3 Å². The van der Waals surface area contributed by atoms with Gasteiger partial charge in [-0.15, -0.1) is 0 Å². The molecule has 0 spiro atoms. The number of ether oxygens (including phenoxy) is 1. The van der Waals surface area contributed by atoms with E-state index in [0.29, 0.717) is 12.2 Å². The fourth-order valence-corrected chi connectivity index (χ4v) is 7.02. The molecule has 0 fully saturated rings. The van der Waals surface area contributed by atoms with Crippen molar-refractivity contribution in [2.75, 3.05) is 7.11 Å². The minimum Gasteiger partial charge on any atom is -0.506 e. The summed E-state index contributed by atoms with van der Waals surface area (Å²) >= 11 is 14.2. The number of halogens is 4. The summed E-state index contributed by atoms with van der Waals surface area (Å²) in [6.07, 6.45) is 1.57. The number of hydrogen-bond donors (Lipinski definition) is 1. The Balaban J connectivity index is 0.000000165. The van der Waals surface area contributed by atoms with Crippen molar-refractivity contribution < 1.29 is 9.84 Å². The van der Waals surface area contributed by atoms with Crippen LogP contribution in [0.15, 0.2) is 127 Å². The smallest absolute Gasteiger partial charge is 0.137 e. The number of rotatable bonds is 5. The maximum atomic E-state index is 10.4. The van der Waals surface area contributed by atoms with E-state index >= 15 is 0 Å². The predicted molar refractivity (Wildman–Crippen MR) is 185 cm³/mol. The third kappa shape index (κ3) is 7.06. The quantitative estimate of drug-likeness (QED) is 0.188. The molecule has 2 nitrogen and oxygen atoms in total. The first-order valence-corrected chi connectivity index (χ1v) is 16.1. The molecule has 0 heterocycles. The van der Waals surface area contributed by atoms with Crippen molar-refractivity contribution >= 4 is 85.3 Å². The summed E-state index contributed by atoms with van der Waals surface area (Å²) in [7, 11) is 1.72. The highest BCUT2D eigenvalue weighted by atomic mass is 79.9. The van der Waals surface area contributed by atoms with Gasteiger partial charge in [-0.3, -0.25) is 0 Å². The molecule has 6 aromatic carbocycles. The molecular weight excluding hydrogens is 772 g/mol. The first-order chi connectivity index (χ1) is 19.8. The molecule has 0 radical (unpaired) electrons. The summed E-state index contributed by atoms with van der Waals surface area (Å²) in [5.41, 5.74) is 4.57. The molecule has 0 aliphatic carbocycles. The molecule has 6 aromatic rings. The van der Waals surface area contributed by atoms with Gasteiger partial charge in [0, 0.05) is 32.9 Å². The molecule has 6 heteroatoms. The van der Waals surface area contributed by atoms with Gasteiger partial charge in [0.1, 0.15) is 11.5 Å². The number of phenolic OH excluding ortho intramolecular Hbond substituents is 1. The van der Waals surface area contributed by atoms with Crippen molar-refractivity contribution in [3.8, 4) is 11.5 Å². The predicted octanol–water partition coefficient (Wildman–Crippen LogP) is 11.6. The lowest BCUT2D eigenvalue weighted by Crippen LogP contribution is -1.96. The Kier molecular flexibility index (Phi) is 9.87. The van der Waals surface area contributed by atoms with Gasteiger partial charge in [0.25, 0.3) is 0 Å². The highest BCUT2D eigenvalue weighted by Gasteiger charge is 2.14. The van der Waals surface area contributed by atoms with Crippen LogP contribution in [-0.4, -0.2) is 12.2 Å². The van der Waals surface area contributed by atoms with Gasteiger partial charge in [0.15, 0.2) is 0 Å². The third-order valence-corrected chi connectivity index (χ3v) is 9.42. The third-order valence-electron chi connectivity index (χ3n) is 6.84. The topological polar surface area (TPSA) is 29.5 Å². The molecule has 6 rings (SSSR count). The molecular formula is C35H26Br4O2. The minimum absolute atomic E-state index is 0.323. The van der Waals surface area contributed by atoms with E-state index in [0.717, 1.165) is 51.8 Å². The van der Waals surface area contributed by atoms with Crippen LogP contribution in [0.2, 0.25) is 0 Å². The van der Waals surface area contributed by atoms with Gasteiger partial charge in [0.2, 0.25) is 0 Å². The van der Waals surface area contributed by atoms with Crippen LogP contribution in [0.25, 0.3) is 21.5 Å². The second-order valence-corrected chi connectivity index (χ2v) is 13.1. The van der Waals surface area contributed by atoms with Crippen LogP contribution in [0, 0.1) is 0 Å². The fourth-order valence-electron chi connectivity index (χ4n) is 4.87. The summed E-state index contributed by atoms with van der Waals surface area (Å²) in [6, 6.07) is 37.2. The average Bonchev–Trinajstić information content (AvgIpc) is 2.97. The molecule has 0 atom stereocenters. The number of methoxy groups -OCH3 is 1. The lowest BCUT2D eigenvalue weighted by molar-refractivity contribution is 0.408. The Hall–Kier alpha value is -2.64. The van der Waals surface area contributed by atoms with E-state index in [-0.39, 0.29) is 0 Å². The van der Waals surface area contributed by atoms with Crippen molar-refractivity contribution in [1.29, 1.82) is 0 Å². The van der Waals surface area contributed by atoms with Crippen molar-refractivity contribution in [2.45, 2.75) is 12.8 Å². The van der Waals surface area contributed by atoms with Crippen molar-refractivity contribution in [1.82, 2.24) is 0 Å². The Morgan fingerprint density at radius 2 is 1.02 bits per heavy atom. The SMILES string of the molecule is COc1c(Cc2ccccc2)cc2cc(Br)ccc2c1Br.Oc1c(Cc2ccccc2)cc2cc(Br)ccc2c1Br. The molecule has 206 valence electrons. The molecule has 0 aliphatic heterocycles. The number of phenols is 1. The number of fused-ring (bicyclic) bond motifs is 2. The lowest BCUT2D eigenvalue weighted by atomic mass is 10.00. The second-order valence-electron chi connectivity index (χ2n) is 9.64. The lowest BCUT2D eigenvalue weighted by Gasteiger charge is -2.14. The van der Waals surface area contributed by atoms with Crippen LogP contribution in [-0.2, 0) is 12.8 Å². The largest absolute Gasteiger partial charge is 0.506 e. The summed E-state index contributed by atoms with van der Waals surface area (Å²) in [6.45, 7) is 0. The van der Waals surface area contributed by atoms with Gasteiger partial charge in [-0.1, -0.05) is 105 Å². The Bertz CT molecular complexity index is 1820. The Labute approximate surface area is 273 Å². The van der Waals surface area contributed by atoms with E-state index < -0.39 is 0 Å². The Morgan fingerprint density at radius 1 is 0.561 bits per heavy atom. The van der Waals surface area contributed by atoms with E-state index in [4.69, 9.17) is 4.74 Å². The van der Waals surface area contributed by atoms with E-state index in [2.05, 4.69) is 124 Å². The zero-order valence-corrected chi connectivity index (χ0v) is 28.5. The number of benzene rings is 6. The first kappa shape index (κ1) is 29.8. The van der Waals surface area contributed by atoms with Crippen LogP contribution in [0.3, 0.4) is 0 Å².